The lowest BCUT2D eigenvalue weighted by atomic mass is 10.2. The summed E-state index contributed by atoms with van der Waals surface area (Å²) in [7, 11) is 3.74. The van der Waals surface area contributed by atoms with E-state index in [9.17, 15) is 0 Å². The largest absolute Gasteiger partial charge is 0.383 e. The van der Waals surface area contributed by atoms with Gasteiger partial charge in [0, 0.05) is 38.3 Å². The molecule has 0 atom stereocenters. The molecule has 0 unspecified atom stereocenters. The summed E-state index contributed by atoms with van der Waals surface area (Å²) in [6.45, 7) is 3.19. The average Bonchev–Trinajstić information content (AvgIpc) is 2.89. The van der Waals surface area contributed by atoms with Crippen LogP contribution in [-0.4, -0.2) is 32.3 Å². The smallest absolute Gasteiger partial charge is 0.128 e. The highest BCUT2D eigenvalue weighted by Gasteiger charge is 2.05. The second kappa shape index (κ2) is 8.34. The molecule has 2 aromatic rings. The van der Waals surface area contributed by atoms with Crippen LogP contribution >= 0.6 is 22.9 Å². The van der Waals surface area contributed by atoms with Crippen molar-refractivity contribution < 1.29 is 4.74 Å². The van der Waals surface area contributed by atoms with Crippen molar-refractivity contribution in [1.29, 1.82) is 0 Å². The molecule has 2 rings (SSSR count). The summed E-state index contributed by atoms with van der Waals surface area (Å²) in [5.41, 5.74) is 1.17. The first-order chi connectivity index (χ1) is 10.2. The molecule has 2 aromatic heterocycles. The van der Waals surface area contributed by atoms with Gasteiger partial charge in [-0.1, -0.05) is 17.7 Å². The summed E-state index contributed by atoms with van der Waals surface area (Å²) in [4.78, 5) is 7.85. The number of nitrogens with zero attached hydrogens (tertiary/aromatic N) is 2. The number of anilines is 1. The van der Waals surface area contributed by atoms with Gasteiger partial charge >= 0.3 is 0 Å². The highest BCUT2D eigenvalue weighted by molar-refractivity contribution is 7.16. The Hall–Kier alpha value is -1.14. The first-order valence-corrected chi connectivity index (χ1v) is 7.98. The van der Waals surface area contributed by atoms with Gasteiger partial charge in [-0.2, -0.15) is 0 Å². The topological polar surface area (TPSA) is 37.4 Å². The van der Waals surface area contributed by atoms with Crippen LogP contribution in [0.3, 0.4) is 0 Å². The van der Waals surface area contributed by atoms with Gasteiger partial charge in [-0.3, -0.25) is 0 Å². The van der Waals surface area contributed by atoms with Crippen molar-refractivity contribution in [3.63, 3.8) is 0 Å². The lowest BCUT2D eigenvalue weighted by Gasteiger charge is -2.17. The number of nitrogens with one attached hydrogen (secondary N) is 1. The zero-order valence-corrected chi connectivity index (χ0v) is 13.9. The molecule has 0 radical (unpaired) electrons. The number of methoxy groups -OCH3 is 1. The number of pyridine rings is 1. The zero-order chi connectivity index (χ0) is 15.1. The predicted molar refractivity (Wildman–Crippen MR) is 89.3 cm³/mol. The Morgan fingerprint density at radius 2 is 2.19 bits per heavy atom. The standard InChI is InChI=1S/C15H20ClN3OS/c1-19(11-13-4-5-14(16)21-13)15-6-3-12(10-18-15)9-17-7-8-20-2/h3-6,10,17H,7-9,11H2,1-2H3. The van der Waals surface area contributed by atoms with Crippen molar-refractivity contribution in [1.82, 2.24) is 10.3 Å². The molecule has 0 spiro atoms. The van der Waals surface area contributed by atoms with E-state index in [0.717, 1.165) is 36.4 Å². The fraction of sp³-hybridized carbons (Fsp3) is 0.400. The number of ether oxygens (including phenoxy) is 1. The highest BCUT2D eigenvalue weighted by atomic mass is 35.5. The van der Waals surface area contributed by atoms with E-state index in [4.69, 9.17) is 16.3 Å². The molecule has 0 amide bonds. The van der Waals surface area contributed by atoms with Gasteiger partial charge in [0.25, 0.3) is 0 Å². The van der Waals surface area contributed by atoms with Crippen LogP contribution in [-0.2, 0) is 17.8 Å². The molecule has 1 N–H and O–H groups in total. The van der Waals surface area contributed by atoms with E-state index in [-0.39, 0.29) is 0 Å². The SMILES string of the molecule is COCCNCc1ccc(N(C)Cc2ccc(Cl)s2)nc1. The van der Waals surface area contributed by atoms with Crippen LogP contribution in [0.1, 0.15) is 10.4 Å². The molecule has 0 saturated carbocycles. The van der Waals surface area contributed by atoms with Gasteiger partial charge in [0.2, 0.25) is 0 Å². The maximum atomic E-state index is 5.95. The Bertz CT molecular complexity index is 544. The molecule has 114 valence electrons. The van der Waals surface area contributed by atoms with Gasteiger partial charge in [0.15, 0.2) is 0 Å². The van der Waals surface area contributed by atoms with E-state index in [2.05, 4.69) is 27.3 Å². The van der Waals surface area contributed by atoms with Crippen LogP contribution < -0.4 is 10.2 Å². The van der Waals surface area contributed by atoms with Crippen LogP contribution in [0.2, 0.25) is 4.34 Å². The second-order valence-electron chi connectivity index (χ2n) is 4.76. The molecule has 0 fully saturated rings. The van der Waals surface area contributed by atoms with Crippen LogP contribution in [0.4, 0.5) is 5.82 Å². The van der Waals surface area contributed by atoms with Gasteiger partial charge in [-0.15, -0.1) is 11.3 Å². The van der Waals surface area contributed by atoms with Crippen LogP contribution in [0.25, 0.3) is 0 Å². The molecular formula is C15H20ClN3OS. The molecular weight excluding hydrogens is 306 g/mol. The average molecular weight is 326 g/mol. The Kier molecular flexibility index (Phi) is 6.45. The number of aromatic nitrogens is 1. The monoisotopic (exact) mass is 325 g/mol. The van der Waals surface area contributed by atoms with Gasteiger partial charge in [0.05, 0.1) is 17.5 Å². The van der Waals surface area contributed by atoms with Gasteiger partial charge in [0.1, 0.15) is 5.82 Å². The van der Waals surface area contributed by atoms with Crippen LogP contribution in [0.15, 0.2) is 30.5 Å². The lowest BCUT2D eigenvalue weighted by molar-refractivity contribution is 0.199. The Morgan fingerprint density at radius 3 is 2.81 bits per heavy atom. The van der Waals surface area contributed by atoms with Crippen molar-refractivity contribution in [2.24, 2.45) is 0 Å². The van der Waals surface area contributed by atoms with Gasteiger partial charge in [-0.05, 0) is 23.8 Å². The molecule has 0 saturated heterocycles. The fourth-order valence-corrected chi connectivity index (χ4v) is 3.05. The minimum absolute atomic E-state index is 0.720. The summed E-state index contributed by atoms with van der Waals surface area (Å²) < 4.78 is 5.82. The fourth-order valence-electron chi connectivity index (χ4n) is 1.91. The minimum atomic E-state index is 0.720. The van der Waals surface area contributed by atoms with Gasteiger partial charge in [-0.25, -0.2) is 4.98 Å². The summed E-state index contributed by atoms with van der Waals surface area (Å²) in [5, 5.41) is 3.30. The first-order valence-electron chi connectivity index (χ1n) is 6.79. The number of halogens is 1. The van der Waals surface area contributed by atoms with Gasteiger partial charge < -0.3 is 15.0 Å². The zero-order valence-electron chi connectivity index (χ0n) is 12.3. The number of hydrogen-bond donors (Lipinski definition) is 1. The third kappa shape index (κ3) is 5.28. The van der Waals surface area contributed by atoms with Crippen LogP contribution in [0, 0.1) is 0 Å². The normalized spacial score (nSPS) is 10.8. The van der Waals surface area contributed by atoms with E-state index in [1.807, 2.05) is 25.4 Å². The summed E-state index contributed by atoms with van der Waals surface area (Å²) in [5.74, 6) is 0.958. The van der Waals surface area contributed by atoms with E-state index < -0.39 is 0 Å². The lowest BCUT2D eigenvalue weighted by Crippen LogP contribution is -2.19. The van der Waals surface area contributed by atoms with Crippen molar-refractivity contribution in [3.05, 3.63) is 45.2 Å². The van der Waals surface area contributed by atoms with E-state index >= 15 is 0 Å². The van der Waals surface area contributed by atoms with Crippen molar-refractivity contribution >= 4 is 28.8 Å². The Labute approximate surface area is 134 Å². The second-order valence-corrected chi connectivity index (χ2v) is 6.56. The molecule has 0 aliphatic heterocycles. The molecule has 0 aliphatic carbocycles. The third-order valence-corrected chi connectivity index (χ3v) is 4.25. The summed E-state index contributed by atoms with van der Waals surface area (Å²) in [6.07, 6.45) is 1.91. The van der Waals surface area contributed by atoms with Crippen molar-refractivity contribution in [2.45, 2.75) is 13.1 Å². The number of rotatable bonds is 8. The van der Waals surface area contributed by atoms with E-state index in [0.29, 0.717) is 0 Å². The molecule has 21 heavy (non-hydrogen) atoms. The van der Waals surface area contributed by atoms with Crippen molar-refractivity contribution in [3.8, 4) is 0 Å². The van der Waals surface area contributed by atoms with Crippen molar-refractivity contribution in [2.75, 3.05) is 32.2 Å². The quantitative estimate of drug-likeness (QED) is 0.756. The maximum absolute atomic E-state index is 5.95. The molecule has 0 aromatic carbocycles. The summed E-state index contributed by atoms with van der Waals surface area (Å²) >= 11 is 7.55. The molecule has 4 nitrogen and oxygen atoms in total. The first kappa shape index (κ1) is 16.2. The number of hydrogen-bond acceptors (Lipinski definition) is 5. The maximum Gasteiger partial charge on any atom is 0.128 e. The Balaban J connectivity index is 1.86. The summed E-state index contributed by atoms with van der Waals surface area (Å²) in [6, 6.07) is 8.12. The van der Waals surface area contributed by atoms with E-state index in [1.54, 1.807) is 18.4 Å². The molecule has 0 aliphatic rings. The van der Waals surface area contributed by atoms with Crippen LogP contribution in [0.5, 0.6) is 0 Å². The minimum Gasteiger partial charge on any atom is -0.383 e. The van der Waals surface area contributed by atoms with E-state index in [1.165, 1.54) is 10.4 Å². The molecule has 6 heteroatoms. The Morgan fingerprint density at radius 1 is 1.33 bits per heavy atom. The number of thiophene rings is 1. The highest BCUT2D eigenvalue weighted by Crippen LogP contribution is 2.23. The predicted octanol–water partition coefficient (Wildman–Crippen LogP) is 3.17. The molecule has 2 heterocycles. The molecule has 0 bridgehead atoms. The third-order valence-electron chi connectivity index (χ3n) is 3.03.